The van der Waals surface area contributed by atoms with Gasteiger partial charge in [-0.2, -0.15) is 5.10 Å². The van der Waals surface area contributed by atoms with Crippen molar-refractivity contribution in [2.45, 2.75) is 77.1 Å². The molecule has 0 spiro atoms. The van der Waals surface area contributed by atoms with Crippen LogP contribution < -0.4 is 5.32 Å². The number of esters is 1. The van der Waals surface area contributed by atoms with E-state index >= 15 is 0 Å². The van der Waals surface area contributed by atoms with Crippen LogP contribution in [0.15, 0.2) is 6.20 Å². The molecule has 1 aliphatic heterocycles. The minimum atomic E-state index is -0.172. The van der Waals surface area contributed by atoms with E-state index < -0.39 is 0 Å². The van der Waals surface area contributed by atoms with E-state index in [0.29, 0.717) is 0 Å². The van der Waals surface area contributed by atoms with E-state index in [0.717, 1.165) is 25.7 Å². The monoisotopic (exact) mass is 291 g/mol. The highest BCUT2D eigenvalue weighted by molar-refractivity contribution is 5.78. The number of nitrogens with zero attached hydrogens (tertiary/aromatic N) is 2. The molecule has 1 aromatic rings. The van der Waals surface area contributed by atoms with E-state index in [-0.39, 0.29) is 29.7 Å². The van der Waals surface area contributed by atoms with E-state index in [4.69, 9.17) is 4.74 Å². The Morgan fingerprint density at radius 3 is 2.76 bits per heavy atom. The van der Waals surface area contributed by atoms with Crippen LogP contribution in [0.5, 0.6) is 0 Å². The second-order valence-corrected chi connectivity index (χ2v) is 7.28. The first-order chi connectivity index (χ1) is 9.86. The topological polar surface area (TPSA) is 56.2 Å². The molecular weight excluding hydrogens is 266 g/mol. The summed E-state index contributed by atoms with van der Waals surface area (Å²) in [5.41, 5.74) is 2.56. The van der Waals surface area contributed by atoms with Gasteiger partial charge in [-0.25, -0.2) is 0 Å². The fourth-order valence-corrected chi connectivity index (χ4v) is 3.44. The Bertz CT molecular complexity index is 544. The lowest BCUT2D eigenvalue weighted by atomic mass is 9.91. The number of cyclic esters (lactones) is 1. The molecule has 1 aromatic heterocycles. The number of hydrogen-bond acceptors (Lipinski definition) is 4. The molecule has 0 aromatic carbocycles. The van der Waals surface area contributed by atoms with E-state index in [2.05, 4.69) is 35.9 Å². The summed E-state index contributed by atoms with van der Waals surface area (Å²) in [6.45, 7) is 8.47. The predicted octanol–water partition coefficient (Wildman–Crippen LogP) is 2.31. The second-order valence-electron chi connectivity index (χ2n) is 7.28. The summed E-state index contributed by atoms with van der Waals surface area (Å²) >= 11 is 0. The standard InChI is InChI=1S/C16H25N3O2/c1-10-8-13(15(20)21-10)18-12-6-5-7-14-11(12)9-17-19(14)16(2,3)4/h9-10,12-13,18H,5-8H2,1-4H3/t10-,12+,13-/m1/s1. The second kappa shape index (κ2) is 5.13. The molecule has 21 heavy (non-hydrogen) atoms. The van der Waals surface area contributed by atoms with Crippen molar-refractivity contribution in [1.29, 1.82) is 0 Å². The molecule has 5 nitrogen and oxygen atoms in total. The van der Waals surface area contributed by atoms with Gasteiger partial charge in [-0.15, -0.1) is 0 Å². The third kappa shape index (κ3) is 2.71. The molecule has 5 heteroatoms. The Kier molecular flexibility index (Phi) is 3.56. The highest BCUT2D eigenvalue weighted by atomic mass is 16.6. The third-order valence-electron chi connectivity index (χ3n) is 4.39. The van der Waals surface area contributed by atoms with Crippen molar-refractivity contribution in [3.8, 4) is 0 Å². The van der Waals surface area contributed by atoms with Crippen molar-refractivity contribution in [1.82, 2.24) is 15.1 Å². The Labute approximate surface area is 126 Å². The van der Waals surface area contributed by atoms with Crippen LogP contribution in [-0.4, -0.2) is 27.9 Å². The van der Waals surface area contributed by atoms with Gasteiger partial charge >= 0.3 is 5.97 Å². The zero-order valence-corrected chi connectivity index (χ0v) is 13.3. The molecular formula is C16H25N3O2. The average molecular weight is 291 g/mol. The van der Waals surface area contributed by atoms with Gasteiger partial charge in [0.25, 0.3) is 0 Å². The number of rotatable bonds is 2. The smallest absolute Gasteiger partial charge is 0.323 e. The SMILES string of the molecule is C[C@@H]1C[C@@H](N[C@H]2CCCc3c2cnn3C(C)(C)C)C(=O)O1. The molecule has 0 amide bonds. The maximum atomic E-state index is 11.8. The Morgan fingerprint density at radius 2 is 2.14 bits per heavy atom. The summed E-state index contributed by atoms with van der Waals surface area (Å²) in [6.07, 6.45) is 6.01. The first-order valence-corrected chi connectivity index (χ1v) is 7.90. The van der Waals surface area contributed by atoms with Gasteiger partial charge in [-0.3, -0.25) is 14.8 Å². The zero-order valence-electron chi connectivity index (χ0n) is 13.3. The van der Waals surface area contributed by atoms with Crippen LogP contribution in [-0.2, 0) is 21.5 Å². The molecule has 0 bridgehead atoms. The van der Waals surface area contributed by atoms with Crippen molar-refractivity contribution < 1.29 is 9.53 Å². The molecule has 2 aliphatic rings. The fraction of sp³-hybridized carbons (Fsp3) is 0.750. The van der Waals surface area contributed by atoms with Gasteiger partial charge in [0.1, 0.15) is 12.1 Å². The van der Waals surface area contributed by atoms with Crippen LogP contribution >= 0.6 is 0 Å². The van der Waals surface area contributed by atoms with Crippen LogP contribution in [0.2, 0.25) is 0 Å². The van der Waals surface area contributed by atoms with Crippen LogP contribution in [0.1, 0.15) is 64.3 Å². The summed E-state index contributed by atoms with van der Waals surface area (Å²) in [7, 11) is 0. The van der Waals surface area contributed by atoms with Gasteiger partial charge in [0.05, 0.1) is 11.7 Å². The van der Waals surface area contributed by atoms with Crippen molar-refractivity contribution in [3.05, 3.63) is 17.5 Å². The Morgan fingerprint density at radius 1 is 1.38 bits per heavy atom. The van der Waals surface area contributed by atoms with Crippen molar-refractivity contribution in [2.24, 2.45) is 0 Å². The maximum absolute atomic E-state index is 11.8. The summed E-state index contributed by atoms with van der Waals surface area (Å²) in [6, 6.07) is 0.0432. The number of carbonyl (C=O) groups is 1. The first-order valence-electron chi connectivity index (χ1n) is 7.90. The molecule has 2 heterocycles. The van der Waals surface area contributed by atoms with Crippen LogP contribution in [0.25, 0.3) is 0 Å². The van der Waals surface area contributed by atoms with Gasteiger partial charge in [0.2, 0.25) is 0 Å². The Hall–Kier alpha value is -1.36. The van der Waals surface area contributed by atoms with Crippen LogP contribution in [0.3, 0.4) is 0 Å². The number of ether oxygens (including phenoxy) is 1. The zero-order chi connectivity index (χ0) is 15.2. The number of hydrogen-bond donors (Lipinski definition) is 1. The molecule has 1 saturated heterocycles. The highest BCUT2D eigenvalue weighted by Gasteiger charge is 2.36. The molecule has 1 N–H and O–H groups in total. The van der Waals surface area contributed by atoms with Gasteiger partial charge in [0, 0.05) is 23.7 Å². The quantitative estimate of drug-likeness (QED) is 0.850. The fourth-order valence-electron chi connectivity index (χ4n) is 3.44. The molecule has 3 atom stereocenters. The highest BCUT2D eigenvalue weighted by Crippen LogP contribution is 2.33. The molecule has 0 unspecified atom stereocenters. The predicted molar refractivity (Wildman–Crippen MR) is 80.0 cm³/mol. The van der Waals surface area contributed by atoms with E-state index in [1.165, 1.54) is 11.3 Å². The van der Waals surface area contributed by atoms with Gasteiger partial charge in [-0.05, 0) is 47.0 Å². The molecule has 116 valence electrons. The maximum Gasteiger partial charge on any atom is 0.323 e. The van der Waals surface area contributed by atoms with Crippen molar-refractivity contribution in [2.75, 3.05) is 0 Å². The minimum absolute atomic E-state index is 0.00369. The summed E-state index contributed by atoms with van der Waals surface area (Å²) in [5.74, 6) is -0.113. The normalized spacial score (nSPS) is 29.3. The Balaban J connectivity index is 1.82. The number of carbonyl (C=O) groups excluding carboxylic acids is 1. The lowest BCUT2D eigenvalue weighted by Crippen LogP contribution is -2.38. The minimum Gasteiger partial charge on any atom is -0.461 e. The van der Waals surface area contributed by atoms with Crippen molar-refractivity contribution >= 4 is 5.97 Å². The van der Waals surface area contributed by atoms with Gasteiger partial charge < -0.3 is 4.74 Å². The lowest BCUT2D eigenvalue weighted by Gasteiger charge is -2.29. The molecule has 1 aliphatic carbocycles. The summed E-state index contributed by atoms with van der Waals surface area (Å²) in [4.78, 5) is 11.8. The van der Waals surface area contributed by atoms with Crippen LogP contribution in [0.4, 0.5) is 0 Å². The van der Waals surface area contributed by atoms with Gasteiger partial charge in [-0.1, -0.05) is 0 Å². The lowest BCUT2D eigenvalue weighted by molar-refractivity contribution is -0.142. The average Bonchev–Trinajstić information content (AvgIpc) is 2.93. The molecule has 0 radical (unpaired) electrons. The van der Waals surface area contributed by atoms with E-state index in [9.17, 15) is 4.79 Å². The summed E-state index contributed by atoms with van der Waals surface area (Å²) in [5, 5.41) is 8.08. The molecule has 0 saturated carbocycles. The molecule has 3 rings (SSSR count). The number of fused-ring (bicyclic) bond motifs is 1. The number of aromatic nitrogens is 2. The molecule has 1 fully saturated rings. The van der Waals surface area contributed by atoms with E-state index in [1.54, 1.807) is 0 Å². The van der Waals surface area contributed by atoms with Gasteiger partial charge in [0.15, 0.2) is 0 Å². The number of nitrogens with one attached hydrogen (secondary N) is 1. The third-order valence-corrected chi connectivity index (χ3v) is 4.39. The van der Waals surface area contributed by atoms with E-state index in [1.807, 2.05) is 13.1 Å². The first kappa shape index (κ1) is 14.6. The van der Waals surface area contributed by atoms with Crippen molar-refractivity contribution in [3.63, 3.8) is 0 Å². The van der Waals surface area contributed by atoms with Crippen LogP contribution in [0, 0.1) is 0 Å². The summed E-state index contributed by atoms with van der Waals surface area (Å²) < 4.78 is 7.37. The largest absolute Gasteiger partial charge is 0.461 e.